The molecule has 1 aromatic heterocycles. The van der Waals surface area contributed by atoms with Crippen LogP contribution in [0.25, 0.3) is 43.7 Å². The molecule has 0 aliphatic carbocycles. The van der Waals surface area contributed by atoms with Crippen LogP contribution in [0.4, 0.5) is 5.69 Å². The quantitative estimate of drug-likeness (QED) is 0.167. The Morgan fingerprint density at radius 2 is 1.16 bits per heavy atom. The van der Waals surface area contributed by atoms with Gasteiger partial charge in [0.1, 0.15) is 0 Å². The highest BCUT2D eigenvalue weighted by molar-refractivity contribution is 9.10. The third-order valence-corrected chi connectivity index (χ3v) is 6.60. The summed E-state index contributed by atoms with van der Waals surface area (Å²) in [6, 6.07) is 33.0. The molecule has 0 bridgehead atoms. The largest absolute Gasteiger partial charge is 0.271 e. The number of nitrogens with zero attached hydrogens (tertiary/aromatic N) is 4. The second-order valence-electron chi connectivity index (χ2n) is 7.52. The van der Waals surface area contributed by atoms with Crippen LogP contribution in [0.1, 0.15) is 0 Å². The molecular weight excluding hydrogens is 528 g/mol. The monoisotopic (exact) mass is 542 g/mol. The number of hydrogen-bond acceptors (Lipinski definition) is 1. The van der Waals surface area contributed by atoms with Gasteiger partial charge in [0, 0.05) is 25.4 Å². The SMILES string of the molecule is Brc1ccc([N-][n+]2c3c4ccccc4c4ccccc4c3nn2-c2ccc(Br)cc2)cc1. The van der Waals surface area contributed by atoms with Crippen molar-refractivity contribution in [1.29, 1.82) is 0 Å². The van der Waals surface area contributed by atoms with E-state index in [1.54, 1.807) is 0 Å². The van der Waals surface area contributed by atoms with Crippen molar-refractivity contribution in [2.45, 2.75) is 0 Å². The van der Waals surface area contributed by atoms with Crippen molar-refractivity contribution < 1.29 is 4.79 Å². The van der Waals surface area contributed by atoms with Crippen LogP contribution in [-0.4, -0.2) is 9.90 Å². The van der Waals surface area contributed by atoms with E-state index in [1.807, 2.05) is 58.1 Å². The molecule has 0 fully saturated rings. The Kier molecular flexibility index (Phi) is 4.70. The first kappa shape index (κ1) is 19.5. The van der Waals surface area contributed by atoms with Crippen molar-refractivity contribution in [1.82, 2.24) is 9.90 Å². The van der Waals surface area contributed by atoms with Gasteiger partial charge in [-0.3, -0.25) is 5.43 Å². The van der Waals surface area contributed by atoms with Crippen molar-refractivity contribution in [2.24, 2.45) is 0 Å². The van der Waals surface area contributed by atoms with E-state index in [4.69, 9.17) is 10.5 Å². The summed E-state index contributed by atoms with van der Waals surface area (Å²) in [6.45, 7) is 0. The predicted molar refractivity (Wildman–Crippen MR) is 137 cm³/mol. The summed E-state index contributed by atoms with van der Waals surface area (Å²) in [7, 11) is 0. The molecule has 0 saturated heterocycles. The molecule has 0 amide bonds. The van der Waals surface area contributed by atoms with Gasteiger partial charge >= 0.3 is 0 Å². The van der Waals surface area contributed by atoms with Gasteiger partial charge in [0.15, 0.2) is 5.52 Å². The minimum absolute atomic E-state index is 0.843. The van der Waals surface area contributed by atoms with Crippen molar-refractivity contribution in [3.8, 4) is 5.69 Å². The van der Waals surface area contributed by atoms with Crippen LogP contribution >= 0.6 is 31.9 Å². The summed E-state index contributed by atoms with van der Waals surface area (Å²) in [4.78, 5) is 3.79. The van der Waals surface area contributed by atoms with E-state index in [1.165, 1.54) is 10.8 Å². The highest BCUT2D eigenvalue weighted by atomic mass is 79.9. The van der Waals surface area contributed by atoms with Crippen molar-refractivity contribution >= 4 is 70.1 Å². The van der Waals surface area contributed by atoms with Gasteiger partial charge in [-0.25, -0.2) is 0 Å². The Labute approximate surface area is 201 Å². The third-order valence-electron chi connectivity index (χ3n) is 5.55. The zero-order valence-corrected chi connectivity index (χ0v) is 20.0. The number of aromatic nitrogens is 3. The lowest BCUT2D eigenvalue weighted by molar-refractivity contribution is -0.676. The molecule has 1 heterocycles. The smallest absolute Gasteiger partial charge is 0.234 e. The van der Waals surface area contributed by atoms with Gasteiger partial charge in [0.2, 0.25) is 5.52 Å². The molecular formula is C26H16Br2N4. The van der Waals surface area contributed by atoms with Crippen LogP contribution in [-0.2, 0) is 0 Å². The summed E-state index contributed by atoms with van der Waals surface area (Å²) >= 11 is 7.04. The minimum atomic E-state index is 0.843. The summed E-state index contributed by atoms with van der Waals surface area (Å²) in [5.41, 5.74) is 8.68. The van der Waals surface area contributed by atoms with Gasteiger partial charge in [-0.15, -0.1) is 4.80 Å². The van der Waals surface area contributed by atoms with Gasteiger partial charge < -0.3 is 0 Å². The maximum atomic E-state index is 5.07. The first-order valence-corrected chi connectivity index (χ1v) is 11.8. The van der Waals surface area contributed by atoms with Crippen LogP contribution in [0.15, 0.2) is 106 Å². The number of rotatable bonds is 3. The Morgan fingerprint density at radius 1 is 0.625 bits per heavy atom. The zero-order valence-electron chi connectivity index (χ0n) is 16.8. The molecule has 0 atom stereocenters. The van der Waals surface area contributed by atoms with Crippen LogP contribution in [0.2, 0.25) is 0 Å². The fourth-order valence-electron chi connectivity index (χ4n) is 4.09. The molecule has 6 aromatic rings. The van der Waals surface area contributed by atoms with Crippen molar-refractivity contribution in [3.05, 3.63) is 111 Å². The zero-order chi connectivity index (χ0) is 21.7. The molecule has 0 spiro atoms. The number of hydrogen-bond donors (Lipinski definition) is 0. The molecule has 0 aliphatic rings. The van der Waals surface area contributed by atoms with Gasteiger partial charge in [-0.2, -0.15) is 4.79 Å². The first-order valence-electron chi connectivity index (χ1n) is 10.2. The summed E-state index contributed by atoms with van der Waals surface area (Å²) in [5, 5.41) is 9.66. The summed E-state index contributed by atoms with van der Waals surface area (Å²) < 4.78 is 2.04. The molecule has 32 heavy (non-hydrogen) atoms. The fourth-order valence-corrected chi connectivity index (χ4v) is 4.62. The maximum absolute atomic E-state index is 5.07. The summed E-state index contributed by atoms with van der Waals surface area (Å²) in [6.07, 6.45) is 0. The molecule has 0 unspecified atom stereocenters. The maximum Gasteiger partial charge on any atom is 0.234 e. The first-order chi connectivity index (χ1) is 15.7. The number of benzene rings is 5. The average Bonchev–Trinajstić information content (AvgIpc) is 3.21. The molecule has 0 N–H and O–H groups in total. The van der Waals surface area contributed by atoms with Crippen LogP contribution < -0.4 is 4.79 Å². The molecule has 154 valence electrons. The Balaban J connectivity index is 1.74. The lowest BCUT2D eigenvalue weighted by atomic mass is 10.00. The highest BCUT2D eigenvalue weighted by Crippen LogP contribution is 2.34. The Morgan fingerprint density at radius 3 is 1.81 bits per heavy atom. The highest BCUT2D eigenvalue weighted by Gasteiger charge is 2.21. The standard InChI is InChI=1S/C26H16Br2N4/c27-17-9-13-19(14-10-17)29-32-26-24-8-4-2-6-22(24)21-5-1-3-7-23(21)25(26)30-31(32)20-15-11-18(28)12-16-20/h1-16H. The van der Waals surface area contributed by atoms with E-state index in [2.05, 4.69) is 80.4 Å². The molecule has 0 aliphatic heterocycles. The second-order valence-corrected chi connectivity index (χ2v) is 9.35. The molecule has 5 aromatic carbocycles. The molecule has 6 heteroatoms. The van der Waals surface area contributed by atoms with Crippen LogP contribution in [0, 0.1) is 0 Å². The van der Waals surface area contributed by atoms with Crippen LogP contribution in [0.3, 0.4) is 0 Å². The van der Waals surface area contributed by atoms with Gasteiger partial charge in [-0.1, -0.05) is 92.5 Å². The lowest BCUT2D eigenvalue weighted by Crippen LogP contribution is -2.39. The summed E-state index contributed by atoms with van der Waals surface area (Å²) in [5.74, 6) is 0. The molecule has 0 saturated carbocycles. The normalized spacial score (nSPS) is 11.4. The van der Waals surface area contributed by atoms with Gasteiger partial charge in [0.25, 0.3) is 0 Å². The van der Waals surface area contributed by atoms with Crippen molar-refractivity contribution in [2.75, 3.05) is 0 Å². The van der Waals surface area contributed by atoms with E-state index >= 15 is 0 Å². The fraction of sp³-hybridized carbons (Fsp3) is 0. The molecule has 0 radical (unpaired) electrons. The number of halogens is 2. The van der Waals surface area contributed by atoms with Gasteiger partial charge in [0.05, 0.1) is 0 Å². The van der Waals surface area contributed by atoms with Crippen molar-refractivity contribution in [3.63, 3.8) is 0 Å². The van der Waals surface area contributed by atoms with E-state index in [0.29, 0.717) is 0 Å². The third kappa shape index (κ3) is 3.18. The number of fused-ring (bicyclic) bond motifs is 6. The van der Waals surface area contributed by atoms with Gasteiger partial charge in [-0.05, 0) is 58.0 Å². The Hall–Kier alpha value is -3.22. The minimum Gasteiger partial charge on any atom is -0.271 e. The van der Waals surface area contributed by atoms with E-state index < -0.39 is 0 Å². The predicted octanol–water partition coefficient (Wildman–Crippen LogP) is 7.61. The van der Waals surface area contributed by atoms with E-state index in [9.17, 15) is 0 Å². The van der Waals surface area contributed by atoms with E-state index in [-0.39, 0.29) is 0 Å². The molecule has 4 nitrogen and oxygen atoms in total. The topological polar surface area (TPSA) is 35.8 Å². The average molecular weight is 544 g/mol. The Bertz CT molecular complexity index is 1600. The van der Waals surface area contributed by atoms with Crippen LogP contribution in [0.5, 0.6) is 0 Å². The van der Waals surface area contributed by atoms with E-state index in [0.717, 1.165) is 42.1 Å². The lowest BCUT2D eigenvalue weighted by Gasteiger charge is -2.15. The molecule has 6 rings (SSSR count). The second kappa shape index (κ2) is 7.73.